The lowest BCUT2D eigenvalue weighted by molar-refractivity contribution is -0.115. The Kier molecular flexibility index (Phi) is 5.77. The Morgan fingerprint density at radius 3 is 2.57 bits per heavy atom. The Bertz CT molecular complexity index is 728. The molecule has 120 valence electrons. The van der Waals surface area contributed by atoms with E-state index in [0.717, 1.165) is 11.1 Å². The molecule has 0 spiro atoms. The third-order valence-electron chi connectivity index (χ3n) is 3.32. The lowest BCUT2D eigenvalue weighted by Crippen LogP contribution is -2.15. The Balaban J connectivity index is 2.07. The molecule has 4 nitrogen and oxygen atoms in total. The highest BCUT2D eigenvalue weighted by atomic mass is 35.5. The van der Waals surface area contributed by atoms with Crippen molar-refractivity contribution < 1.29 is 14.3 Å². The van der Waals surface area contributed by atoms with Gasteiger partial charge in [-0.05, 0) is 49.2 Å². The highest BCUT2D eigenvalue weighted by Gasteiger charge is 2.11. The number of carbonyl (C=O) groups excluding carboxylic acids is 2. The van der Waals surface area contributed by atoms with E-state index < -0.39 is 0 Å². The first kappa shape index (κ1) is 17.0. The summed E-state index contributed by atoms with van der Waals surface area (Å²) in [7, 11) is 0. The van der Waals surface area contributed by atoms with Crippen molar-refractivity contribution in [2.45, 2.75) is 20.3 Å². The van der Waals surface area contributed by atoms with Gasteiger partial charge in [-0.15, -0.1) is 0 Å². The van der Waals surface area contributed by atoms with Crippen molar-refractivity contribution in [2.24, 2.45) is 0 Å². The highest BCUT2D eigenvalue weighted by Crippen LogP contribution is 2.19. The average Bonchev–Trinajstić information content (AvgIpc) is 2.52. The third-order valence-corrected chi connectivity index (χ3v) is 3.69. The Labute approximate surface area is 140 Å². The summed E-state index contributed by atoms with van der Waals surface area (Å²) in [5.41, 5.74) is 2.69. The van der Waals surface area contributed by atoms with Crippen molar-refractivity contribution in [1.82, 2.24) is 0 Å². The minimum absolute atomic E-state index is 0.162. The number of carbonyl (C=O) groups is 2. The third kappa shape index (κ3) is 4.57. The molecular weight excluding hydrogens is 314 g/mol. The maximum Gasteiger partial charge on any atom is 0.338 e. The van der Waals surface area contributed by atoms with Crippen LogP contribution in [-0.4, -0.2) is 18.5 Å². The number of anilines is 1. The fourth-order valence-corrected chi connectivity index (χ4v) is 2.36. The molecule has 1 N–H and O–H groups in total. The molecule has 1 amide bonds. The molecule has 0 aromatic heterocycles. The largest absolute Gasteiger partial charge is 0.462 e. The van der Waals surface area contributed by atoms with Gasteiger partial charge in [0.15, 0.2) is 0 Å². The van der Waals surface area contributed by atoms with Crippen molar-refractivity contribution in [3.63, 3.8) is 0 Å². The predicted octanol–water partition coefficient (Wildman–Crippen LogP) is 4.01. The zero-order valence-corrected chi connectivity index (χ0v) is 13.8. The topological polar surface area (TPSA) is 55.4 Å². The van der Waals surface area contributed by atoms with E-state index in [1.165, 1.54) is 0 Å². The summed E-state index contributed by atoms with van der Waals surface area (Å²) in [6, 6.07) is 12.3. The van der Waals surface area contributed by atoms with E-state index in [4.69, 9.17) is 16.3 Å². The molecule has 0 aliphatic heterocycles. The highest BCUT2D eigenvalue weighted by molar-refractivity contribution is 6.31. The first-order valence-corrected chi connectivity index (χ1v) is 7.70. The van der Waals surface area contributed by atoms with Gasteiger partial charge in [0.05, 0.1) is 18.6 Å². The Hall–Kier alpha value is -2.33. The van der Waals surface area contributed by atoms with Crippen molar-refractivity contribution >= 4 is 29.2 Å². The van der Waals surface area contributed by atoms with Gasteiger partial charge in [0.1, 0.15) is 0 Å². The van der Waals surface area contributed by atoms with Crippen LogP contribution in [0.1, 0.15) is 28.4 Å². The Morgan fingerprint density at radius 1 is 1.17 bits per heavy atom. The van der Waals surface area contributed by atoms with Crippen LogP contribution in [0.2, 0.25) is 5.02 Å². The second-order valence-electron chi connectivity index (χ2n) is 5.07. The molecule has 0 atom stereocenters. The van der Waals surface area contributed by atoms with E-state index in [9.17, 15) is 9.59 Å². The number of amides is 1. The van der Waals surface area contributed by atoms with Crippen LogP contribution in [0.25, 0.3) is 0 Å². The molecular formula is C18H18ClNO3. The second kappa shape index (κ2) is 7.79. The van der Waals surface area contributed by atoms with Crippen LogP contribution < -0.4 is 5.32 Å². The van der Waals surface area contributed by atoms with Gasteiger partial charge in [0, 0.05) is 10.7 Å². The number of halogens is 1. The van der Waals surface area contributed by atoms with Crippen LogP contribution in [-0.2, 0) is 16.0 Å². The van der Waals surface area contributed by atoms with Crippen molar-refractivity contribution in [3.05, 3.63) is 64.2 Å². The van der Waals surface area contributed by atoms with E-state index in [0.29, 0.717) is 22.9 Å². The number of hydrogen-bond acceptors (Lipinski definition) is 3. The van der Waals surface area contributed by atoms with Gasteiger partial charge in [0.25, 0.3) is 0 Å². The number of hydrogen-bond donors (Lipinski definition) is 1. The van der Waals surface area contributed by atoms with E-state index >= 15 is 0 Å². The zero-order valence-electron chi connectivity index (χ0n) is 13.1. The smallest absolute Gasteiger partial charge is 0.338 e. The summed E-state index contributed by atoms with van der Waals surface area (Å²) < 4.78 is 4.96. The summed E-state index contributed by atoms with van der Waals surface area (Å²) in [6.45, 7) is 3.91. The van der Waals surface area contributed by atoms with Crippen LogP contribution in [0.15, 0.2) is 42.5 Å². The molecule has 0 saturated heterocycles. The lowest BCUT2D eigenvalue weighted by Gasteiger charge is -2.10. The fourth-order valence-electron chi connectivity index (χ4n) is 2.15. The molecule has 5 heteroatoms. The second-order valence-corrected chi connectivity index (χ2v) is 5.47. The van der Waals surface area contributed by atoms with Gasteiger partial charge in [-0.25, -0.2) is 4.79 Å². The van der Waals surface area contributed by atoms with Crippen LogP contribution >= 0.6 is 11.6 Å². The van der Waals surface area contributed by atoms with Gasteiger partial charge >= 0.3 is 5.97 Å². The monoisotopic (exact) mass is 331 g/mol. The first-order valence-electron chi connectivity index (χ1n) is 7.32. The van der Waals surface area contributed by atoms with E-state index in [1.807, 2.05) is 25.1 Å². The van der Waals surface area contributed by atoms with Gasteiger partial charge < -0.3 is 10.1 Å². The van der Waals surface area contributed by atoms with Gasteiger partial charge in [-0.3, -0.25) is 4.79 Å². The molecule has 2 aromatic carbocycles. The summed E-state index contributed by atoms with van der Waals surface area (Å²) in [4.78, 5) is 23.8. The number of rotatable bonds is 5. The summed E-state index contributed by atoms with van der Waals surface area (Å²) >= 11 is 6.06. The average molecular weight is 332 g/mol. The quantitative estimate of drug-likeness (QED) is 0.842. The molecule has 0 fully saturated rings. The van der Waals surface area contributed by atoms with Crippen LogP contribution in [0.4, 0.5) is 5.69 Å². The molecule has 0 radical (unpaired) electrons. The maximum absolute atomic E-state index is 12.1. The standard InChI is InChI=1S/C18H18ClNO3/c1-3-23-18(22)14-8-9-16(12(2)10-14)20-17(21)11-13-6-4-5-7-15(13)19/h4-10H,3,11H2,1-2H3,(H,20,21). The Morgan fingerprint density at radius 2 is 1.91 bits per heavy atom. The molecule has 2 rings (SSSR count). The normalized spacial score (nSPS) is 10.2. The number of ether oxygens (including phenoxy) is 1. The summed E-state index contributed by atoms with van der Waals surface area (Å²) in [5, 5.41) is 3.40. The molecule has 0 aliphatic rings. The number of esters is 1. The molecule has 0 aliphatic carbocycles. The molecule has 0 unspecified atom stereocenters. The molecule has 2 aromatic rings. The van der Waals surface area contributed by atoms with Gasteiger partial charge in [0.2, 0.25) is 5.91 Å². The van der Waals surface area contributed by atoms with Crippen LogP contribution in [0.5, 0.6) is 0 Å². The number of aryl methyl sites for hydroxylation is 1. The van der Waals surface area contributed by atoms with Crippen molar-refractivity contribution in [1.29, 1.82) is 0 Å². The molecule has 0 saturated carbocycles. The van der Waals surface area contributed by atoms with E-state index in [2.05, 4.69) is 5.32 Å². The van der Waals surface area contributed by atoms with Crippen LogP contribution in [0, 0.1) is 6.92 Å². The van der Waals surface area contributed by atoms with Crippen molar-refractivity contribution in [3.8, 4) is 0 Å². The SMILES string of the molecule is CCOC(=O)c1ccc(NC(=O)Cc2ccccc2Cl)c(C)c1. The van der Waals surface area contributed by atoms with Crippen LogP contribution in [0.3, 0.4) is 0 Å². The molecule has 0 bridgehead atoms. The minimum atomic E-state index is -0.371. The first-order chi connectivity index (χ1) is 11.0. The van der Waals surface area contributed by atoms with E-state index in [-0.39, 0.29) is 18.3 Å². The lowest BCUT2D eigenvalue weighted by atomic mass is 10.1. The van der Waals surface area contributed by atoms with Crippen molar-refractivity contribution in [2.75, 3.05) is 11.9 Å². The number of nitrogens with one attached hydrogen (secondary N) is 1. The van der Waals surface area contributed by atoms with E-state index in [1.54, 1.807) is 31.2 Å². The maximum atomic E-state index is 12.1. The predicted molar refractivity (Wildman–Crippen MR) is 90.9 cm³/mol. The van der Waals surface area contributed by atoms with Gasteiger partial charge in [-0.1, -0.05) is 29.8 Å². The summed E-state index contributed by atoms with van der Waals surface area (Å²) in [6.07, 6.45) is 0.193. The van der Waals surface area contributed by atoms with Gasteiger partial charge in [-0.2, -0.15) is 0 Å². The number of benzene rings is 2. The summed E-state index contributed by atoms with van der Waals surface area (Å²) in [5.74, 6) is -0.533. The molecule has 0 heterocycles. The zero-order chi connectivity index (χ0) is 16.8. The minimum Gasteiger partial charge on any atom is -0.462 e. The fraction of sp³-hybridized carbons (Fsp3) is 0.222. The molecule has 23 heavy (non-hydrogen) atoms.